The van der Waals surface area contributed by atoms with Gasteiger partial charge in [-0.1, -0.05) is 0 Å². The van der Waals surface area contributed by atoms with Crippen LogP contribution in [0.2, 0.25) is 0 Å². The molecule has 6 N–H and O–H groups in total. The minimum absolute atomic E-state index is 0.125. The second-order valence-corrected chi connectivity index (χ2v) is 4.67. The number of carboxylic acid groups (broad SMARTS) is 1. The fraction of sp³-hybridized carbons (Fsp3) is 0.417. The van der Waals surface area contributed by atoms with Gasteiger partial charge in [0.1, 0.15) is 24.1 Å². The molecule has 0 aromatic carbocycles. The van der Waals surface area contributed by atoms with E-state index in [2.05, 4.69) is 4.98 Å². The molecule has 0 radical (unpaired) electrons. The van der Waals surface area contributed by atoms with Crippen LogP contribution in [0.15, 0.2) is 17.1 Å². The standard InChI is InChI=1S/C12H15N3O7/c13-10-5(1-2-7(17)18)3-15(12(21)14-10)11-9(20)8(19)6(4-16)22-11/h1-3,6,8-9,11,16,19-20H,4H2,(H,17,18)(H2,13,14,21)/b2-1+/t6-,8+,9-,11-/m1/s1. The third kappa shape index (κ3) is 2.99. The Morgan fingerprint density at radius 1 is 1.45 bits per heavy atom. The minimum Gasteiger partial charge on any atom is -0.478 e. The van der Waals surface area contributed by atoms with Gasteiger partial charge < -0.3 is 30.9 Å². The van der Waals surface area contributed by atoms with E-state index in [4.69, 9.17) is 20.7 Å². The summed E-state index contributed by atoms with van der Waals surface area (Å²) in [5.41, 5.74) is 4.81. The maximum absolute atomic E-state index is 11.9. The van der Waals surface area contributed by atoms with Crippen LogP contribution < -0.4 is 11.4 Å². The van der Waals surface area contributed by atoms with Crippen LogP contribution >= 0.6 is 0 Å². The van der Waals surface area contributed by atoms with Crippen LogP contribution in [0.5, 0.6) is 0 Å². The summed E-state index contributed by atoms with van der Waals surface area (Å²) in [4.78, 5) is 25.9. The molecule has 1 aromatic heterocycles. The summed E-state index contributed by atoms with van der Waals surface area (Å²) in [6, 6.07) is 0. The number of aliphatic carboxylic acids is 1. The molecule has 22 heavy (non-hydrogen) atoms. The van der Waals surface area contributed by atoms with Crippen molar-refractivity contribution >= 4 is 17.9 Å². The first kappa shape index (κ1) is 16.1. The number of ether oxygens (including phenoxy) is 1. The molecular formula is C12H15N3O7. The Balaban J connectivity index is 2.41. The van der Waals surface area contributed by atoms with E-state index in [1.165, 1.54) is 0 Å². The first-order valence-corrected chi connectivity index (χ1v) is 6.27. The summed E-state index contributed by atoms with van der Waals surface area (Å²) >= 11 is 0. The molecule has 0 amide bonds. The quantitative estimate of drug-likeness (QED) is 0.378. The molecule has 1 saturated heterocycles. The maximum atomic E-state index is 11.9. The second kappa shape index (κ2) is 6.23. The number of nitrogens with two attached hydrogens (primary N) is 1. The van der Waals surface area contributed by atoms with Crippen LogP contribution in [0.25, 0.3) is 6.08 Å². The molecule has 0 spiro atoms. The molecule has 2 heterocycles. The van der Waals surface area contributed by atoms with Gasteiger partial charge in [0.25, 0.3) is 0 Å². The van der Waals surface area contributed by atoms with E-state index in [0.29, 0.717) is 0 Å². The number of aromatic nitrogens is 2. The van der Waals surface area contributed by atoms with Gasteiger partial charge in [-0.3, -0.25) is 4.57 Å². The van der Waals surface area contributed by atoms with Gasteiger partial charge in [0, 0.05) is 17.8 Å². The number of anilines is 1. The number of nitrogens with zero attached hydrogens (tertiary/aromatic N) is 2. The van der Waals surface area contributed by atoms with Crippen molar-refractivity contribution in [3.63, 3.8) is 0 Å². The molecule has 10 heteroatoms. The first-order valence-electron chi connectivity index (χ1n) is 6.27. The molecule has 1 aliphatic heterocycles. The van der Waals surface area contributed by atoms with Crippen LogP contribution in [-0.4, -0.2) is 60.9 Å². The molecule has 0 aliphatic carbocycles. The number of carbonyl (C=O) groups is 1. The average molecular weight is 313 g/mol. The van der Waals surface area contributed by atoms with Crippen LogP contribution in [0.1, 0.15) is 11.8 Å². The molecule has 1 aromatic rings. The SMILES string of the molecule is Nc1nc(=O)n([C@@H]2O[C@H](CO)[C@H](O)[C@H]2O)cc1/C=C/C(=O)O. The Morgan fingerprint density at radius 3 is 2.68 bits per heavy atom. The van der Waals surface area contributed by atoms with Gasteiger partial charge in [-0.15, -0.1) is 0 Å². The van der Waals surface area contributed by atoms with Crippen molar-refractivity contribution in [2.45, 2.75) is 24.5 Å². The predicted octanol–water partition coefficient (Wildman–Crippen LogP) is -2.47. The number of nitrogen functional groups attached to an aromatic ring is 1. The Kier molecular flexibility index (Phi) is 4.56. The molecule has 0 bridgehead atoms. The van der Waals surface area contributed by atoms with E-state index < -0.39 is 42.8 Å². The van der Waals surface area contributed by atoms with E-state index in [1.807, 2.05) is 0 Å². The van der Waals surface area contributed by atoms with E-state index in [-0.39, 0.29) is 11.4 Å². The van der Waals surface area contributed by atoms with Gasteiger partial charge in [0.15, 0.2) is 6.23 Å². The molecule has 1 fully saturated rings. The zero-order valence-electron chi connectivity index (χ0n) is 11.2. The monoisotopic (exact) mass is 313 g/mol. The van der Waals surface area contributed by atoms with Gasteiger partial charge in [-0.25, -0.2) is 9.59 Å². The lowest BCUT2D eigenvalue weighted by Crippen LogP contribution is -2.36. The number of rotatable bonds is 4. The van der Waals surface area contributed by atoms with E-state index in [1.54, 1.807) is 0 Å². The van der Waals surface area contributed by atoms with Crippen LogP contribution in [0.3, 0.4) is 0 Å². The third-order valence-corrected chi connectivity index (χ3v) is 3.21. The summed E-state index contributed by atoms with van der Waals surface area (Å²) in [5.74, 6) is -1.41. The lowest BCUT2D eigenvalue weighted by molar-refractivity contribution is -0.131. The van der Waals surface area contributed by atoms with Gasteiger partial charge in [0.05, 0.1) is 6.61 Å². The summed E-state index contributed by atoms with van der Waals surface area (Å²) in [5, 5.41) is 37.2. The molecule has 120 valence electrons. The normalized spacial score (nSPS) is 28.3. The summed E-state index contributed by atoms with van der Waals surface area (Å²) in [6.45, 7) is -0.544. The van der Waals surface area contributed by atoms with Crippen molar-refractivity contribution in [1.82, 2.24) is 9.55 Å². The van der Waals surface area contributed by atoms with Crippen LogP contribution in [-0.2, 0) is 9.53 Å². The van der Waals surface area contributed by atoms with Crippen LogP contribution in [0, 0.1) is 0 Å². The molecule has 4 atom stereocenters. The van der Waals surface area contributed by atoms with Gasteiger partial charge in [-0.2, -0.15) is 4.98 Å². The Hall–Kier alpha value is -2.27. The molecular weight excluding hydrogens is 298 g/mol. The second-order valence-electron chi connectivity index (χ2n) is 4.67. The highest BCUT2D eigenvalue weighted by Gasteiger charge is 2.43. The molecule has 1 aliphatic rings. The summed E-state index contributed by atoms with van der Waals surface area (Å²) in [7, 11) is 0. The average Bonchev–Trinajstić information content (AvgIpc) is 2.74. The highest BCUT2D eigenvalue weighted by atomic mass is 16.6. The fourth-order valence-electron chi connectivity index (χ4n) is 2.08. The molecule has 10 nitrogen and oxygen atoms in total. The predicted molar refractivity (Wildman–Crippen MR) is 72.6 cm³/mol. The van der Waals surface area contributed by atoms with Gasteiger partial charge in [0.2, 0.25) is 0 Å². The lowest BCUT2D eigenvalue weighted by Gasteiger charge is -2.18. The van der Waals surface area contributed by atoms with Crippen LogP contribution in [0.4, 0.5) is 5.82 Å². The minimum atomic E-state index is -1.46. The van der Waals surface area contributed by atoms with Crippen molar-refractivity contribution < 1.29 is 30.0 Å². The Bertz CT molecular complexity index is 657. The lowest BCUT2D eigenvalue weighted by atomic mass is 10.1. The smallest absolute Gasteiger partial charge is 0.351 e. The summed E-state index contributed by atoms with van der Waals surface area (Å²) in [6.07, 6.45) is -2.08. The topological polar surface area (TPSA) is 168 Å². The van der Waals surface area contributed by atoms with Crippen molar-refractivity contribution in [3.05, 3.63) is 28.3 Å². The largest absolute Gasteiger partial charge is 0.478 e. The molecule has 0 unspecified atom stereocenters. The highest BCUT2D eigenvalue weighted by Crippen LogP contribution is 2.28. The maximum Gasteiger partial charge on any atom is 0.351 e. The number of aliphatic hydroxyl groups excluding tert-OH is 3. The van der Waals surface area contributed by atoms with Gasteiger partial charge in [-0.05, 0) is 6.08 Å². The Labute approximate surface area is 123 Å². The van der Waals surface area contributed by atoms with Crippen molar-refractivity contribution in [3.8, 4) is 0 Å². The fourth-order valence-corrected chi connectivity index (χ4v) is 2.08. The number of carboxylic acids is 1. The first-order chi connectivity index (χ1) is 10.3. The summed E-state index contributed by atoms with van der Waals surface area (Å²) < 4.78 is 6.09. The van der Waals surface area contributed by atoms with E-state index in [0.717, 1.165) is 22.9 Å². The van der Waals surface area contributed by atoms with E-state index >= 15 is 0 Å². The molecule has 2 rings (SSSR count). The number of hydrogen-bond acceptors (Lipinski definition) is 8. The molecule has 0 saturated carbocycles. The highest BCUT2D eigenvalue weighted by molar-refractivity contribution is 5.86. The Morgan fingerprint density at radius 2 is 2.14 bits per heavy atom. The zero-order valence-corrected chi connectivity index (χ0v) is 11.2. The zero-order chi connectivity index (χ0) is 16.4. The number of aliphatic hydroxyl groups is 3. The van der Waals surface area contributed by atoms with Crippen molar-refractivity contribution in [1.29, 1.82) is 0 Å². The van der Waals surface area contributed by atoms with Crippen molar-refractivity contribution in [2.24, 2.45) is 0 Å². The third-order valence-electron chi connectivity index (χ3n) is 3.21. The number of hydrogen-bond donors (Lipinski definition) is 5. The van der Waals surface area contributed by atoms with Gasteiger partial charge >= 0.3 is 11.7 Å². The van der Waals surface area contributed by atoms with Crippen molar-refractivity contribution in [2.75, 3.05) is 12.3 Å². The van der Waals surface area contributed by atoms with E-state index in [9.17, 15) is 19.8 Å².